The molecule has 1 aromatic heterocycles. The SMILES string of the molecule is CCN(CC)c1ccc(C(=O)Nc2ccc(N3CCN(C)CC3)cc2)cn1. The van der Waals surface area contributed by atoms with E-state index in [1.54, 1.807) is 6.20 Å². The molecular weight excluding hydrogens is 338 g/mol. The zero-order chi connectivity index (χ0) is 19.2. The molecule has 0 bridgehead atoms. The number of anilines is 3. The van der Waals surface area contributed by atoms with Crippen LogP contribution in [0.1, 0.15) is 24.2 Å². The monoisotopic (exact) mass is 367 g/mol. The highest BCUT2D eigenvalue weighted by atomic mass is 16.1. The summed E-state index contributed by atoms with van der Waals surface area (Å²) in [6.45, 7) is 10.2. The highest BCUT2D eigenvalue weighted by Gasteiger charge is 2.14. The van der Waals surface area contributed by atoms with E-state index in [1.807, 2.05) is 24.3 Å². The molecule has 6 nitrogen and oxygen atoms in total. The van der Waals surface area contributed by atoms with E-state index in [9.17, 15) is 4.79 Å². The molecule has 1 amide bonds. The molecule has 0 spiro atoms. The first-order valence-electron chi connectivity index (χ1n) is 9.66. The number of nitrogens with zero attached hydrogens (tertiary/aromatic N) is 4. The molecule has 1 N–H and O–H groups in total. The smallest absolute Gasteiger partial charge is 0.257 e. The second-order valence-electron chi connectivity index (χ2n) is 6.87. The van der Waals surface area contributed by atoms with Crippen LogP contribution in [-0.4, -0.2) is 62.1 Å². The van der Waals surface area contributed by atoms with Crippen LogP contribution in [0, 0.1) is 0 Å². The lowest BCUT2D eigenvalue weighted by Crippen LogP contribution is -2.44. The third-order valence-corrected chi connectivity index (χ3v) is 5.09. The first kappa shape index (κ1) is 19.2. The molecule has 1 aromatic carbocycles. The van der Waals surface area contributed by atoms with Crippen molar-refractivity contribution in [3.8, 4) is 0 Å². The topological polar surface area (TPSA) is 51.7 Å². The maximum atomic E-state index is 12.5. The fourth-order valence-electron chi connectivity index (χ4n) is 3.28. The molecule has 0 unspecified atom stereocenters. The molecule has 1 aliphatic heterocycles. The van der Waals surface area contributed by atoms with E-state index in [0.717, 1.165) is 50.8 Å². The van der Waals surface area contributed by atoms with Gasteiger partial charge in [-0.2, -0.15) is 0 Å². The van der Waals surface area contributed by atoms with Gasteiger partial charge >= 0.3 is 0 Å². The first-order chi connectivity index (χ1) is 13.1. The second kappa shape index (κ2) is 8.86. The first-order valence-corrected chi connectivity index (χ1v) is 9.66. The number of amides is 1. The Bertz CT molecular complexity index is 732. The predicted octanol–water partition coefficient (Wildman–Crippen LogP) is 2.93. The summed E-state index contributed by atoms with van der Waals surface area (Å²) >= 11 is 0. The Labute approximate surface area is 161 Å². The van der Waals surface area contributed by atoms with Crippen LogP contribution in [0.5, 0.6) is 0 Å². The summed E-state index contributed by atoms with van der Waals surface area (Å²) in [5, 5.41) is 2.95. The lowest BCUT2D eigenvalue weighted by atomic mass is 10.2. The Hall–Kier alpha value is -2.60. The van der Waals surface area contributed by atoms with Crippen molar-refractivity contribution in [2.24, 2.45) is 0 Å². The van der Waals surface area contributed by atoms with Crippen molar-refractivity contribution in [1.29, 1.82) is 0 Å². The highest BCUT2D eigenvalue weighted by Crippen LogP contribution is 2.20. The average Bonchev–Trinajstić information content (AvgIpc) is 2.71. The fourth-order valence-corrected chi connectivity index (χ4v) is 3.28. The Balaban J connectivity index is 1.60. The van der Waals surface area contributed by atoms with Crippen LogP contribution >= 0.6 is 0 Å². The summed E-state index contributed by atoms with van der Waals surface area (Å²) in [5.74, 6) is 0.758. The maximum absolute atomic E-state index is 12.5. The molecule has 0 atom stereocenters. The molecule has 2 heterocycles. The Kier molecular flexibility index (Phi) is 6.29. The standard InChI is InChI=1S/C21H29N5O/c1-4-25(5-2)20-11-6-17(16-22-20)21(27)23-18-7-9-19(10-8-18)26-14-12-24(3)13-15-26/h6-11,16H,4-5,12-15H2,1-3H3,(H,23,27). The van der Waals surface area contributed by atoms with Crippen molar-refractivity contribution >= 4 is 23.1 Å². The van der Waals surface area contributed by atoms with Crippen molar-refractivity contribution in [2.45, 2.75) is 13.8 Å². The normalized spacial score (nSPS) is 14.9. The largest absolute Gasteiger partial charge is 0.369 e. The van der Waals surface area contributed by atoms with Gasteiger partial charge in [-0.05, 0) is 57.3 Å². The Morgan fingerprint density at radius 3 is 2.26 bits per heavy atom. The van der Waals surface area contributed by atoms with E-state index in [4.69, 9.17) is 0 Å². The van der Waals surface area contributed by atoms with Crippen LogP contribution in [0.15, 0.2) is 42.6 Å². The van der Waals surface area contributed by atoms with Gasteiger partial charge in [0.15, 0.2) is 0 Å². The minimum atomic E-state index is -0.138. The van der Waals surface area contributed by atoms with Crippen molar-refractivity contribution in [1.82, 2.24) is 9.88 Å². The minimum absolute atomic E-state index is 0.138. The van der Waals surface area contributed by atoms with Gasteiger partial charge in [0.1, 0.15) is 5.82 Å². The number of nitrogens with one attached hydrogen (secondary N) is 1. The van der Waals surface area contributed by atoms with E-state index >= 15 is 0 Å². The van der Waals surface area contributed by atoms with Crippen LogP contribution in [0.4, 0.5) is 17.2 Å². The van der Waals surface area contributed by atoms with Gasteiger partial charge in [-0.3, -0.25) is 4.79 Å². The molecule has 27 heavy (non-hydrogen) atoms. The average molecular weight is 367 g/mol. The van der Waals surface area contributed by atoms with Crippen LogP contribution < -0.4 is 15.1 Å². The van der Waals surface area contributed by atoms with Crippen molar-refractivity contribution in [3.63, 3.8) is 0 Å². The molecule has 0 saturated carbocycles. The van der Waals surface area contributed by atoms with E-state index in [1.165, 1.54) is 5.69 Å². The zero-order valence-corrected chi connectivity index (χ0v) is 16.5. The van der Waals surface area contributed by atoms with E-state index in [2.05, 4.69) is 58.0 Å². The number of aromatic nitrogens is 1. The van der Waals surface area contributed by atoms with Crippen LogP contribution in [0.25, 0.3) is 0 Å². The molecule has 0 radical (unpaired) electrons. The van der Waals surface area contributed by atoms with Gasteiger partial charge in [-0.25, -0.2) is 4.98 Å². The van der Waals surface area contributed by atoms with Crippen LogP contribution in [-0.2, 0) is 0 Å². The third kappa shape index (κ3) is 4.77. The number of rotatable bonds is 6. The van der Waals surface area contributed by atoms with Gasteiger partial charge in [-0.15, -0.1) is 0 Å². The number of benzene rings is 1. The van der Waals surface area contributed by atoms with Crippen LogP contribution in [0.3, 0.4) is 0 Å². The van der Waals surface area contributed by atoms with Gasteiger partial charge in [0.05, 0.1) is 5.56 Å². The Morgan fingerprint density at radius 2 is 1.70 bits per heavy atom. The molecular formula is C21H29N5O. The Morgan fingerprint density at radius 1 is 1.04 bits per heavy atom. The zero-order valence-electron chi connectivity index (χ0n) is 16.5. The molecule has 144 valence electrons. The molecule has 0 aliphatic carbocycles. The number of hydrogen-bond acceptors (Lipinski definition) is 5. The second-order valence-corrected chi connectivity index (χ2v) is 6.87. The summed E-state index contributed by atoms with van der Waals surface area (Å²) in [4.78, 5) is 23.8. The number of carbonyl (C=O) groups excluding carboxylic acids is 1. The lowest BCUT2D eigenvalue weighted by Gasteiger charge is -2.34. The molecule has 1 fully saturated rings. The molecule has 2 aromatic rings. The summed E-state index contributed by atoms with van der Waals surface area (Å²) in [7, 11) is 2.15. The van der Waals surface area contributed by atoms with Crippen molar-refractivity contribution in [3.05, 3.63) is 48.2 Å². The van der Waals surface area contributed by atoms with Gasteiger partial charge in [0.2, 0.25) is 0 Å². The third-order valence-electron chi connectivity index (χ3n) is 5.09. The quantitative estimate of drug-likeness (QED) is 0.851. The van der Waals surface area contributed by atoms with E-state index in [-0.39, 0.29) is 5.91 Å². The van der Waals surface area contributed by atoms with Gasteiger partial charge < -0.3 is 20.0 Å². The van der Waals surface area contributed by atoms with Crippen molar-refractivity contribution < 1.29 is 4.79 Å². The number of piperazine rings is 1. The number of hydrogen-bond donors (Lipinski definition) is 1. The van der Waals surface area contributed by atoms with Gasteiger partial charge in [0, 0.05) is 56.8 Å². The van der Waals surface area contributed by atoms with E-state index < -0.39 is 0 Å². The predicted molar refractivity (Wildman–Crippen MR) is 112 cm³/mol. The summed E-state index contributed by atoms with van der Waals surface area (Å²) < 4.78 is 0. The van der Waals surface area contributed by atoms with Gasteiger partial charge in [0.25, 0.3) is 5.91 Å². The fraction of sp³-hybridized carbons (Fsp3) is 0.429. The number of carbonyl (C=O) groups is 1. The number of likely N-dealkylation sites (N-methyl/N-ethyl adjacent to an activating group) is 1. The summed E-state index contributed by atoms with van der Waals surface area (Å²) in [5.41, 5.74) is 2.56. The number of pyridine rings is 1. The van der Waals surface area contributed by atoms with Crippen LogP contribution in [0.2, 0.25) is 0 Å². The summed E-state index contributed by atoms with van der Waals surface area (Å²) in [6.07, 6.45) is 1.64. The molecule has 3 rings (SSSR count). The van der Waals surface area contributed by atoms with Gasteiger partial charge in [-0.1, -0.05) is 0 Å². The van der Waals surface area contributed by atoms with E-state index in [0.29, 0.717) is 5.56 Å². The minimum Gasteiger partial charge on any atom is -0.369 e. The highest BCUT2D eigenvalue weighted by molar-refractivity contribution is 6.04. The maximum Gasteiger partial charge on any atom is 0.257 e. The molecule has 1 saturated heterocycles. The van der Waals surface area contributed by atoms with Crippen molar-refractivity contribution in [2.75, 3.05) is 61.4 Å². The molecule has 6 heteroatoms. The molecule has 1 aliphatic rings. The lowest BCUT2D eigenvalue weighted by molar-refractivity contribution is 0.102. The summed E-state index contributed by atoms with van der Waals surface area (Å²) in [6, 6.07) is 11.8.